The third-order valence-corrected chi connectivity index (χ3v) is 5.58. The number of rotatable bonds is 5. The van der Waals surface area contributed by atoms with Crippen LogP contribution in [0.5, 0.6) is 0 Å². The highest BCUT2D eigenvalue weighted by Crippen LogP contribution is 2.22. The molecule has 1 fully saturated rings. The van der Waals surface area contributed by atoms with E-state index in [1.165, 1.54) is 0 Å². The van der Waals surface area contributed by atoms with Crippen LogP contribution in [0.15, 0.2) is 24.3 Å². The van der Waals surface area contributed by atoms with Crippen molar-refractivity contribution in [1.29, 1.82) is 0 Å². The van der Waals surface area contributed by atoms with Crippen molar-refractivity contribution in [1.82, 2.24) is 9.88 Å². The number of likely N-dealkylation sites (tertiary alicyclic amines) is 1. The van der Waals surface area contributed by atoms with Gasteiger partial charge in [0.05, 0.1) is 35.8 Å². The number of para-hydroxylation sites is 1. The van der Waals surface area contributed by atoms with Crippen LogP contribution in [0.25, 0.3) is 10.2 Å². The molecule has 1 aromatic heterocycles. The van der Waals surface area contributed by atoms with Crippen LogP contribution in [-0.2, 0) is 16.1 Å². The number of hydrogen-bond donors (Lipinski definition) is 2. The third kappa shape index (κ3) is 3.91. The van der Waals surface area contributed by atoms with Crippen molar-refractivity contribution in [3.8, 4) is 0 Å². The summed E-state index contributed by atoms with van der Waals surface area (Å²) in [6, 6.07) is 7.99. The molecule has 6 nitrogen and oxygen atoms in total. The fraction of sp³-hybridized carbons (Fsp3) is 0.471. The van der Waals surface area contributed by atoms with Gasteiger partial charge in [-0.25, -0.2) is 4.98 Å². The highest BCUT2D eigenvalue weighted by molar-refractivity contribution is 7.18. The quantitative estimate of drug-likeness (QED) is 0.801. The van der Waals surface area contributed by atoms with Gasteiger partial charge in [0, 0.05) is 7.05 Å². The van der Waals surface area contributed by atoms with Gasteiger partial charge in [0.2, 0.25) is 5.91 Å². The predicted molar refractivity (Wildman–Crippen MR) is 93.6 cm³/mol. The van der Waals surface area contributed by atoms with E-state index in [9.17, 15) is 9.59 Å². The Hall–Kier alpha value is -1.99. The second-order valence-corrected chi connectivity index (χ2v) is 7.56. The van der Waals surface area contributed by atoms with E-state index < -0.39 is 0 Å². The minimum Gasteiger partial charge on any atom is -0.369 e. The number of piperidine rings is 1. The van der Waals surface area contributed by atoms with Gasteiger partial charge in [0.25, 0.3) is 5.91 Å². The zero-order valence-corrected chi connectivity index (χ0v) is 14.6. The molecule has 0 saturated carbocycles. The number of aromatic nitrogens is 1. The second-order valence-electron chi connectivity index (χ2n) is 6.45. The molecule has 3 rings (SSSR count). The van der Waals surface area contributed by atoms with Gasteiger partial charge in [-0.3, -0.25) is 9.59 Å². The van der Waals surface area contributed by atoms with Gasteiger partial charge in [-0.1, -0.05) is 12.1 Å². The lowest BCUT2D eigenvalue weighted by Gasteiger charge is -2.29. The number of primary amides is 1. The summed E-state index contributed by atoms with van der Waals surface area (Å²) in [6.07, 6.45) is 1.78. The number of hydrogen-bond acceptors (Lipinski definition) is 4. The van der Waals surface area contributed by atoms with Gasteiger partial charge in [0.1, 0.15) is 5.01 Å². The molecule has 2 amide bonds. The molecule has 2 aromatic rings. The highest BCUT2D eigenvalue weighted by Gasteiger charge is 2.29. The first-order valence-electron chi connectivity index (χ1n) is 8.24. The maximum atomic E-state index is 12.5. The maximum absolute atomic E-state index is 12.5. The number of carbonyl (C=O) groups excluding carboxylic acids is 2. The van der Waals surface area contributed by atoms with Crippen LogP contribution < -0.4 is 10.6 Å². The first-order chi connectivity index (χ1) is 11.5. The maximum Gasteiger partial charge on any atom is 0.277 e. The molecular weight excluding hydrogens is 324 g/mol. The molecule has 128 valence electrons. The molecule has 3 N–H and O–H groups in total. The van der Waals surface area contributed by atoms with Crippen LogP contribution >= 0.6 is 11.3 Å². The van der Waals surface area contributed by atoms with Gasteiger partial charge in [-0.15, -0.1) is 11.3 Å². The normalized spacial score (nSPS) is 20.9. The van der Waals surface area contributed by atoms with E-state index in [1.807, 2.05) is 31.3 Å². The van der Waals surface area contributed by atoms with Crippen molar-refractivity contribution >= 4 is 33.4 Å². The van der Waals surface area contributed by atoms with Crippen molar-refractivity contribution < 1.29 is 14.5 Å². The molecule has 0 radical (unpaired) electrons. The number of likely N-dealkylation sites (N-methyl/N-ethyl adjacent to an activating group) is 1. The van der Waals surface area contributed by atoms with Gasteiger partial charge in [-0.05, 0) is 25.0 Å². The summed E-state index contributed by atoms with van der Waals surface area (Å²) in [5.74, 6) is -0.270. The zero-order chi connectivity index (χ0) is 17.1. The van der Waals surface area contributed by atoms with Crippen LogP contribution in [0.1, 0.15) is 17.8 Å². The Morgan fingerprint density at radius 2 is 2.21 bits per heavy atom. The number of nitrogens with zero attached hydrogens (tertiary/aromatic N) is 2. The highest BCUT2D eigenvalue weighted by atomic mass is 32.1. The number of nitrogens with two attached hydrogens (primary N) is 1. The van der Waals surface area contributed by atoms with E-state index in [0.29, 0.717) is 19.6 Å². The summed E-state index contributed by atoms with van der Waals surface area (Å²) >= 11 is 1.62. The summed E-state index contributed by atoms with van der Waals surface area (Å²) in [6.45, 7) is 2.51. The van der Waals surface area contributed by atoms with Crippen molar-refractivity contribution in [2.24, 2.45) is 11.7 Å². The van der Waals surface area contributed by atoms with Gasteiger partial charge in [0.15, 0.2) is 6.54 Å². The van der Waals surface area contributed by atoms with Crippen LogP contribution in [0, 0.1) is 5.92 Å². The molecule has 2 heterocycles. The molecule has 1 aromatic carbocycles. The average molecular weight is 347 g/mol. The number of amides is 2. The van der Waals surface area contributed by atoms with E-state index >= 15 is 0 Å². The number of benzene rings is 1. The summed E-state index contributed by atoms with van der Waals surface area (Å²) in [5.41, 5.74) is 6.38. The smallest absolute Gasteiger partial charge is 0.277 e. The van der Waals surface area contributed by atoms with Gasteiger partial charge >= 0.3 is 0 Å². The SMILES string of the molecule is CN(Cc1nc2ccccc2s1)C(=O)C[NH+]1CCC[C@H](C(N)=O)C1. The Labute approximate surface area is 145 Å². The monoisotopic (exact) mass is 347 g/mol. The number of thiazole rings is 1. The molecule has 1 unspecified atom stereocenters. The fourth-order valence-electron chi connectivity index (χ4n) is 3.18. The average Bonchev–Trinajstić information content (AvgIpc) is 2.97. The Balaban J connectivity index is 1.57. The predicted octanol–water partition coefficient (Wildman–Crippen LogP) is 0.0349. The molecule has 7 heteroatoms. The largest absolute Gasteiger partial charge is 0.369 e. The van der Waals surface area contributed by atoms with Crippen molar-refractivity contribution in [3.63, 3.8) is 0 Å². The van der Waals surface area contributed by atoms with E-state index in [1.54, 1.807) is 16.2 Å². The molecule has 1 aliphatic heterocycles. The van der Waals surface area contributed by atoms with Crippen molar-refractivity contribution in [2.75, 3.05) is 26.7 Å². The third-order valence-electron chi connectivity index (χ3n) is 4.56. The lowest BCUT2D eigenvalue weighted by Crippen LogP contribution is -3.14. The Bertz CT molecular complexity index is 712. The first kappa shape index (κ1) is 16.9. The minimum atomic E-state index is -0.248. The number of carbonyl (C=O) groups is 2. The standard InChI is InChI=1S/C17H22N4O2S/c1-20(10-15-19-13-6-2-3-7-14(13)24-15)16(22)11-21-8-4-5-12(9-21)17(18)23/h2-3,6-7,12H,4-5,8-11H2,1H3,(H2,18,23)/p+1/t12-/m0/s1. The molecule has 1 saturated heterocycles. The number of quaternary nitrogens is 1. The Morgan fingerprint density at radius 3 is 2.96 bits per heavy atom. The van der Waals surface area contributed by atoms with Crippen LogP contribution in [0.2, 0.25) is 0 Å². The molecule has 0 bridgehead atoms. The van der Waals surface area contributed by atoms with Crippen molar-refractivity contribution in [2.45, 2.75) is 19.4 Å². The molecule has 24 heavy (non-hydrogen) atoms. The van der Waals surface area contributed by atoms with E-state index in [4.69, 9.17) is 5.73 Å². The summed E-state index contributed by atoms with van der Waals surface area (Å²) in [7, 11) is 1.81. The summed E-state index contributed by atoms with van der Waals surface area (Å²) in [5, 5.41) is 0.940. The number of nitrogens with one attached hydrogen (secondary N) is 1. The van der Waals surface area contributed by atoms with Crippen LogP contribution in [-0.4, -0.2) is 48.4 Å². The van der Waals surface area contributed by atoms with Gasteiger partial charge < -0.3 is 15.5 Å². The molecular formula is C17H23N4O2S+. The summed E-state index contributed by atoms with van der Waals surface area (Å²) < 4.78 is 1.14. The van der Waals surface area contributed by atoms with Gasteiger partial charge in [-0.2, -0.15) is 0 Å². The molecule has 2 atom stereocenters. The summed E-state index contributed by atoms with van der Waals surface area (Å²) in [4.78, 5) is 31.3. The Morgan fingerprint density at radius 1 is 1.42 bits per heavy atom. The first-order valence-corrected chi connectivity index (χ1v) is 9.06. The molecule has 0 aliphatic carbocycles. The lowest BCUT2D eigenvalue weighted by atomic mass is 9.97. The fourth-order valence-corrected chi connectivity index (χ4v) is 4.20. The zero-order valence-electron chi connectivity index (χ0n) is 13.8. The topological polar surface area (TPSA) is 80.7 Å². The Kier molecular flexibility index (Phi) is 5.11. The van der Waals surface area contributed by atoms with E-state index in [2.05, 4.69) is 4.98 Å². The number of fused-ring (bicyclic) bond motifs is 1. The molecule has 1 aliphatic rings. The van der Waals surface area contributed by atoms with Crippen molar-refractivity contribution in [3.05, 3.63) is 29.3 Å². The molecule has 0 spiro atoms. The minimum absolute atomic E-state index is 0.0781. The van der Waals surface area contributed by atoms with E-state index in [-0.39, 0.29) is 17.7 Å². The van der Waals surface area contributed by atoms with E-state index in [0.717, 1.165) is 39.5 Å². The second kappa shape index (κ2) is 7.27. The van der Waals surface area contributed by atoms with Crippen LogP contribution in [0.4, 0.5) is 0 Å². The lowest BCUT2D eigenvalue weighted by molar-refractivity contribution is -0.899. The van der Waals surface area contributed by atoms with Crippen LogP contribution in [0.3, 0.4) is 0 Å².